The molecule has 1 rings (SSSR count). The molecule has 0 saturated carbocycles. The van der Waals surface area contributed by atoms with Gasteiger partial charge in [0.15, 0.2) is 0 Å². The molecule has 116 valence electrons. The molecule has 1 heterocycles. The number of rotatable bonds is 5. The van der Waals surface area contributed by atoms with Crippen molar-refractivity contribution in [3.05, 3.63) is 0 Å². The van der Waals surface area contributed by atoms with E-state index in [4.69, 9.17) is 4.74 Å². The number of halogens is 3. The van der Waals surface area contributed by atoms with Gasteiger partial charge in [-0.05, 0) is 0 Å². The van der Waals surface area contributed by atoms with Crippen LogP contribution >= 0.6 is 0 Å². The molecule has 1 amide bonds. The molecule has 1 saturated heterocycles. The van der Waals surface area contributed by atoms with Crippen LogP contribution in [-0.2, 0) is 19.1 Å². The molecule has 9 heteroatoms. The van der Waals surface area contributed by atoms with E-state index < -0.39 is 30.7 Å². The Morgan fingerprint density at radius 3 is 2.65 bits per heavy atom. The molecule has 0 spiro atoms. The smallest absolute Gasteiger partial charge is 0.406 e. The van der Waals surface area contributed by atoms with E-state index >= 15 is 0 Å². The van der Waals surface area contributed by atoms with Crippen LogP contribution in [0.1, 0.15) is 6.42 Å². The second kappa shape index (κ2) is 7.44. The van der Waals surface area contributed by atoms with E-state index in [2.05, 4.69) is 10.1 Å². The molecule has 0 aliphatic carbocycles. The Bertz CT molecular complexity index is 343. The first-order valence-electron chi connectivity index (χ1n) is 6.08. The van der Waals surface area contributed by atoms with Gasteiger partial charge in [-0.15, -0.1) is 0 Å². The number of carbonyl (C=O) groups is 2. The van der Waals surface area contributed by atoms with Gasteiger partial charge in [-0.25, -0.2) is 0 Å². The van der Waals surface area contributed by atoms with Gasteiger partial charge in [-0.2, -0.15) is 13.2 Å². The zero-order valence-electron chi connectivity index (χ0n) is 11.0. The third-order valence-electron chi connectivity index (χ3n) is 2.70. The van der Waals surface area contributed by atoms with Gasteiger partial charge in [0.05, 0.1) is 20.1 Å². The summed E-state index contributed by atoms with van der Waals surface area (Å²) in [6.45, 7) is -0.808. The highest BCUT2D eigenvalue weighted by molar-refractivity contribution is 5.82. The maximum Gasteiger partial charge on any atom is 0.406 e. The van der Waals surface area contributed by atoms with Gasteiger partial charge in [-0.3, -0.25) is 9.59 Å². The van der Waals surface area contributed by atoms with Gasteiger partial charge >= 0.3 is 12.1 Å². The van der Waals surface area contributed by atoms with Crippen molar-refractivity contribution in [1.82, 2.24) is 10.2 Å². The van der Waals surface area contributed by atoms with E-state index in [0.717, 1.165) is 7.11 Å². The lowest BCUT2D eigenvalue weighted by molar-refractivity contribution is -0.170. The first kappa shape index (κ1) is 16.7. The lowest BCUT2D eigenvalue weighted by atomic mass is 10.2. The Morgan fingerprint density at radius 1 is 1.45 bits per heavy atom. The van der Waals surface area contributed by atoms with Crippen molar-refractivity contribution in [1.29, 1.82) is 0 Å². The molecule has 6 nitrogen and oxygen atoms in total. The first-order chi connectivity index (χ1) is 9.33. The van der Waals surface area contributed by atoms with Gasteiger partial charge in [0.1, 0.15) is 12.6 Å². The van der Waals surface area contributed by atoms with Crippen molar-refractivity contribution >= 4 is 11.9 Å². The summed E-state index contributed by atoms with van der Waals surface area (Å²) in [5, 5.41) is 2.86. The molecular formula is C11H17F3N2O4. The van der Waals surface area contributed by atoms with Crippen molar-refractivity contribution in [2.75, 3.05) is 39.9 Å². The van der Waals surface area contributed by atoms with Crippen LogP contribution in [0.25, 0.3) is 0 Å². The number of esters is 1. The minimum absolute atomic E-state index is 0.158. The molecule has 1 N–H and O–H groups in total. The fourth-order valence-electron chi connectivity index (χ4n) is 1.74. The van der Waals surface area contributed by atoms with Crippen molar-refractivity contribution in [3.8, 4) is 0 Å². The molecule has 0 aromatic rings. The fourth-order valence-corrected chi connectivity index (χ4v) is 1.74. The minimum atomic E-state index is -4.53. The van der Waals surface area contributed by atoms with Gasteiger partial charge in [0, 0.05) is 19.6 Å². The number of nitrogens with zero attached hydrogens (tertiary/aromatic N) is 1. The third-order valence-corrected chi connectivity index (χ3v) is 2.70. The van der Waals surface area contributed by atoms with E-state index in [-0.39, 0.29) is 26.1 Å². The average Bonchev–Trinajstić information content (AvgIpc) is 2.42. The van der Waals surface area contributed by atoms with Crippen LogP contribution in [-0.4, -0.2) is 69.0 Å². The number of alkyl halides is 3. The number of hydrogen-bond acceptors (Lipinski definition) is 5. The van der Waals surface area contributed by atoms with Gasteiger partial charge < -0.3 is 19.7 Å². The first-order valence-corrected chi connectivity index (χ1v) is 6.08. The molecule has 1 unspecified atom stereocenters. The summed E-state index contributed by atoms with van der Waals surface area (Å²) >= 11 is 0. The zero-order valence-corrected chi connectivity index (χ0v) is 11.0. The Kier molecular flexibility index (Phi) is 6.21. The van der Waals surface area contributed by atoms with E-state index in [1.54, 1.807) is 0 Å². The molecule has 1 fully saturated rings. The number of methoxy groups -OCH3 is 1. The summed E-state index contributed by atoms with van der Waals surface area (Å²) in [6.07, 6.45) is -5.78. The van der Waals surface area contributed by atoms with Crippen LogP contribution in [0.2, 0.25) is 0 Å². The zero-order chi connectivity index (χ0) is 15.2. The maximum atomic E-state index is 12.5. The highest BCUT2D eigenvalue weighted by Crippen LogP contribution is 2.18. The van der Waals surface area contributed by atoms with Crippen LogP contribution < -0.4 is 5.32 Å². The van der Waals surface area contributed by atoms with Crippen LogP contribution in [0.15, 0.2) is 0 Å². The van der Waals surface area contributed by atoms with Crippen LogP contribution in [0.4, 0.5) is 13.2 Å². The van der Waals surface area contributed by atoms with Crippen molar-refractivity contribution in [2.45, 2.75) is 18.7 Å². The van der Waals surface area contributed by atoms with Crippen molar-refractivity contribution < 1.29 is 32.2 Å². The monoisotopic (exact) mass is 298 g/mol. The third kappa shape index (κ3) is 5.74. The van der Waals surface area contributed by atoms with E-state index in [9.17, 15) is 22.8 Å². The summed E-state index contributed by atoms with van der Waals surface area (Å²) in [5.41, 5.74) is 0. The minimum Gasteiger partial charge on any atom is -0.469 e. The SMILES string of the molecule is COC(=O)CCN(CC(F)(F)F)C(=O)C1CNCCO1. The van der Waals surface area contributed by atoms with E-state index in [0.29, 0.717) is 11.4 Å². The van der Waals surface area contributed by atoms with Crippen LogP contribution in [0, 0.1) is 0 Å². The summed E-state index contributed by atoms with van der Waals surface area (Å²) < 4.78 is 46.9. The molecule has 0 radical (unpaired) electrons. The topological polar surface area (TPSA) is 67.9 Å². The Balaban J connectivity index is 2.64. The molecule has 1 aliphatic rings. The predicted molar refractivity (Wildman–Crippen MR) is 61.9 cm³/mol. The quantitative estimate of drug-likeness (QED) is 0.720. The number of carbonyl (C=O) groups excluding carboxylic acids is 2. The summed E-state index contributed by atoms with van der Waals surface area (Å²) in [6, 6.07) is 0. The molecule has 0 bridgehead atoms. The molecule has 0 aromatic carbocycles. The number of hydrogen-bond donors (Lipinski definition) is 1. The summed E-state index contributed by atoms with van der Waals surface area (Å²) in [4.78, 5) is 23.6. The molecule has 20 heavy (non-hydrogen) atoms. The summed E-state index contributed by atoms with van der Waals surface area (Å²) in [7, 11) is 1.13. The van der Waals surface area contributed by atoms with Crippen molar-refractivity contribution in [3.63, 3.8) is 0 Å². The molecule has 1 aliphatic heterocycles. The van der Waals surface area contributed by atoms with Crippen LogP contribution in [0.5, 0.6) is 0 Å². The Labute approximate surface area is 114 Å². The lowest BCUT2D eigenvalue weighted by Crippen LogP contribution is -2.51. The largest absolute Gasteiger partial charge is 0.469 e. The van der Waals surface area contributed by atoms with Gasteiger partial charge in [-0.1, -0.05) is 0 Å². The molecule has 0 aromatic heterocycles. The highest BCUT2D eigenvalue weighted by atomic mass is 19.4. The second-order valence-corrected chi connectivity index (χ2v) is 4.26. The Hall–Kier alpha value is -1.35. The second-order valence-electron chi connectivity index (χ2n) is 4.26. The van der Waals surface area contributed by atoms with Crippen LogP contribution in [0.3, 0.4) is 0 Å². The van der Waals surface area contributed by atoms with Gasteiger partial charge in [0.25, 0.3) is 5.91 Å². The van der Waals surface area contributed by atoms with E-state index in [1.807, 2.05) is 0 Å². The number of nitrogens with one attached hydrogen (secondary N) is 1. The summed E-state index contributed by atoms with van der Waals surface area (Å²) in [5.74, 6) is -1.45. The fraction of sp³-hybridized carbons (Fsp3) is 0.818. The van der Waals surface area contributed by atoms with E-state index in [1.165, 1.54) is 0 Å². The number of amides is 1. The number of ether oxygens (including phenoxy) is 2. The van der Waals surface area contributed by atoms with Gasteiger partial charge in [0.2, 0.25) is 0 Å². The molecule has 1 atom stereocenters. The number of morpholine rings is 1. The predicted octanol–water partition coefficient (Wildman–Crippen LogP) is -0.0712. The molecular weight excluding hydrogens is 281 g/mol. The lowest BCUT2D eigenvalue weighted by Gasteiger charge is -2.30. The highest BCUT2D eigenvalue weighted by Gasteiger charge is 2.36. The Morgan fingerprint density at radius 2 is 2.15 bits per heavy atom. The normalized spacial score (nSPS) is 19.5. The standard InChI is InChI=1S/C11H17F3N2O4/c1-19-9(17)2-4-16(7-11(12,13)14)10(18)8-6-15-3-5-20-8/h8,15H,2-7H2,1H3. The van der Waals surface area contributed by atoms with Crippen molar-refractivity contribution in [2.24, 2.45) is 0 Å². The maximum absolute atomic E-state index is 12.5. The average molecular weight is 298 g/mol.